The number of hydrogen-bond donors (Lipinski definition) is 1. The summed E-state index contributed by atoms with van der Waals surface area (Å²) in [5.41, 5.74) is 3.13. The molecule has 0 bridgehead atoms. The van der Waals surface area contributed by atoms with Gasteiger partial charge in [0.05, 0.1) is 21.6 Å². The van der Waals surface area contributed by atoms with Gasteiger partial charge in [-0.1, -0.05) is 0 Å². The molecule has 108 valence electrons. The quantitative estimate of drug-likeness (QED) is 0.781. The van der Waals surface area contributed by atoms with Crippen LogP contribution in [0.25, 0.3) is 10.1 Å². The summed E-state index contributed by atoms with van der Waals surface area (Å²) in [7, 11) is 0. The highest BCUT2D eigenvalue weighted by Gasteiger charge is 2.16. The van der Waals surface area contributed by atoms with Crippen LogP contribution < -0.4 is 4.74 Å². The lowest BCUT2D eigenvalue weighted by Gasteiger charge is -2.05. The Morgan fingerprint density at radius 2 is 2.19 bits per heavy atom. The number of aromatic nitrogens is 1. The minimum Gasteiger partial charge on any atom is -0.488 e. The van der Waals surface area contributed by atoms with Crippen LogP contribution in [0.2, 0.25) is 0 Å². The fourth-order valence-corrected chi connectivity index (χ4v) is 3.89. The minimum atomic E-state index is -0.894. The smallest absolute Gasteiger partial charge is 0.337 e. The number of benzene rings is 1. The molecule has 21 heavy (non-hydrogen) atoms. The molecular weight excluding hydrogens is 306 g/mol. The van der Waals surface area contributed by atoms with Crippen molar-refractivity contribution in [1.29, 1.82) is 0 Å². The fraction of sp³-hybridized carbons (Fsp3) is 0.200. The van der Waals surface area contributed by atoms with E-state index in [0.29, 0.717) is 17.9 Å². The van der Waals surface area contributed by atoms with Gasteiger partial charge in [0, 0.05) is 15.0 Å². The molecule has 0 spiro atoms. The van der Waals surface area contributed by atoms with E-state index in [9.17, 15) is 9.90 Å². The number of aryl methyl sites for hydroxylation is 2. The van der Waals surface area contributed by atoms with Gasteiger partial charge in [-0.25, -0.2) is 9.78 Å². The summed E-state index contributed by atoms with van der Waals surface area (Å²) >= 11 is 3.05. The Morgan fingerprint density at radius 3 is 2.86 bits per heavy atom. The molecule has 6 heteroatoms. The number of hydrogen-bond acceptors (Lipinski definition) is 5. The van der Waals surface area contributed by atoms with Crippen LogP contribution in [0, 0.1) is 13.8 Å². The van der Waals surface area contributed by atoms with Crippen LogP contribution in [0.4, 0.5) is 0 Å². The molecule has 0 amide bonds. The van der Waals surface area contributed by atoms with E-state index in [-0.39, 0.29) is 0 Å². The average Bonchev–Trinajstić information content (AvgIpc) is 2.98. The van der Waals surface area contributed by atoms with Gasteiger partial charge in [-0.3, -0.25) is 0 Å². The highest BCUT2D eigenvalue weighted by molar-refractivity contribution is 7.19. The SMILES string of the molecule is Cc1ncsc1COc1ccc2sc(C)c(C(=O)O)c2c1. The Kier molecular flexibility index (Phi) is 3.65. The molecule has 3 aromatic rings. The van der Waals surface area contributed by atoms with Crippen LogP contribution >= 0.6 is 22.7 Å². The zero-order valence-corrected chi connectivity index (χ0v) is 13.2. The van der Waals surface area contributed by atoms with Gasteiger partial charge in [0.2, 0.25) is 0 Å². The molecular formula is C15H13NO3S2. The number of thiazole rings is 1. The number of ether oxygens (including phenoxy) is 1. The largest absolute Gasteiger partial charge is 0.488 e. The lowest BCUT2D eigenvalue weighted by Crippen LogP contribution is -1.97. The molecule has 0 aliphatic heterocycles. The predicted octanol–water partition coefficient (Wildman–Crippen LogP) is 4.25. The number of carboxylic acids is 1. The van der Waals surface area contributed by atoms with Crippen LogP contribution in [-0.4, -0.2) is 16.1 Å². The predicted molar refractivity (Wildman–Crippen MR) is 84.7 cm³/mol. The van der Waals surface area contributed by atoms with Gasteiger partial charge in [-0.15, -0.1) is 22.7 Å². The lowest BCUT2D eigenvalue weighted by atomic mass is 10.1. The van der Waals surface area contributed by atoms with Crippen molar-refractivity contribution < 1.29 is 14.6 Å². The second-order valence-electron chi connectivity index (χ2n) is 4.65. The average molecular weight is 319 g/mol. The Hall–Kier alpha value is -1.92. The van der Waals surface area contributed by atoms with Crippen molar-refractivity contribution in [1.82, 2.24) is 4.98 Å². The molecule has 0 aliphatic rings. The Morgan fingerprint density at radius 1 is 1.38 bits per heavy atom. The zero-order valence-electron chi connectivity index (χ0n) is 11.5. The van der Waals surface area contributed by atoms with Gasteiger partial charge in [0.15, 0.2) is 0 Å². The summed E-state index contributed by atoms with van der Waals surface area (Å²) in [4.78, 5) is 17.4. The zero-order chi connectivity index (χ0) is 15.0. The number of rotatable bonds is 4. The molecule has 0 radical (unpaired) electrons. The molecule has 0 unspecified atom stereocenters. The third kappa shape index (κ3) is 2.64. The number of nitrogens with zero attached hydrogens (tertiary/aromatic N) is 1. The number of aromatic carboxylic acids is 1. The summed E-state index contributed by atoms with van der Waals surface area (Å²) in [5, 5.41) is 10.1. The maximum Gasteiger partial charge on any atom is 0.337 e. The summed E-state index contributed by atoms with van der Waals surface area (Å²) in [6.07, 6.45) is 0. The molecule has 1 N–H and O–H groups in total. The molecule has 2 heterocycles. The van der Waals surface area contributed by atoms with Crippen molar-refractivity contribution in [3.05, 3.63) is 44.7 Å². The first-order valence-electron chi connectivity index (χ1n) is 6.34. The third-order valence-electron chi connectivity index (χ3n) is 3.26. The molecule has 0 saturated heterocycles. The molecule has 4 nitrogen and oxygen atoms in total. The van der Waals surface area contributed by atoms with E-state index >= 15 is 0 Å². The second kappa shape index (κ2) is 5.46. The maximum absolute atomic E-state index is 11.4. The first-order chi connectivity index (χ1) is 10.1. The number of fused-ring (bicyclic) bond motifs is 1. The first kappa shape index (κ1) is 14.0. The molecule has 0 aliphatic carbocycles. The van der Waals surface area contributed by atoms with Crippen LogP contribution in [0.15, 0.2) is 23.7 Å². The van der Waals surface area contributed by atoms with E-state index in [4.69, 9.17) is 4.74 Å². The Labute approximate surface area is 129 Å². The molecule has 0 atom stereocenters. The van der Waals surface area contributed by atoms with E-state index in [1.165, 1.54) is 11.3 Å². The summed E-state index contributed by atoms with van der Waals surface area (Å²) in [6, 6.07) is 5.59. The molecule has 3 rings (SSSR count). The monoisotopic (exact) mass is 319 g/mol. The van der Waals surface area contributed by atoms with Crippen molar-refractivity contribution in [2.75, 3.05) is 0 Å². The van der Waals surface area contributed by atoms with Gasteiger partial charge < -0.3 is 9.84 Å². The highest BCUT2D eigenvalue weighted by atomic mass is 32.1. The normalized spacial score (nSPS) is 11.0. The second-order valence-corrected chi connectivity index (χ2v) is 6.84. The molecule has 2 aromatic heterocycles. The van der Waals surface area contributed by atoms with E-state index in [0.717, 1.165) is 25.5 Å². The van der Waals surface area contributed by atoms with Crippen molar-refractivity contribution >= 4 is 38.7 Å². The van der Waals surface area contributed by atoms with Gasteiger partial charge in [-0.2, -0.15) is 0 Å². The minimum absolute atomic E-state index is 0.370. The van der Waals surface area contributed by atoms with Crippen molar-refractivity contribution in [2.24, 2.45) is 0 Å². The first-order valence-corrected chi connectivity index (χ1v) is 8.04. The molecule has 0 fully saturated rings. The number of carbonyl (C=O) groups is 1. The summed E-state index contributed by atoms with van der Waals surface area (Å²) in [5.74, 6) is -0.218. The van der Waals surface area contributed by atoms with Crippen LogP contribution in [0.1, 0.15) is 25.8 Å². The topological polar surface area (TPSA) is 59.4 Å². The number of carboxylic acid groups (broad SMARTS) is 1. The number of thiophene rings is 1. The fourth-order valence-electron chi connectivity index (χ4n) is 2.17. The van der Waals surface area contributed by atoms with Crippen molar-refractivity contribution in [3.63, 3.8) is 0 Å². The van der Waals surface area contributed by atoms with Gasteiger partial charge in [0.1, 0.15) is 12.4 Å². The van der Waals surface area contributed by atoms with Gasteiger partial charge in [0.25, 0.3) is 0 Å². The van der Waals surface area contributed by atoms with Crippen molar-refractivity contribution in [2.45, 2.75) is 20.5 Å². The van der Waals surface area contributed by atoms with E-state index in [2.05, 4.69) is 4.98 Å². The van der Waals surface area contributed by atoms with Gasteiger partial charge in [-0.05, 0) is 32.0 Å². The Balaban J connectivity index is 1.91. The van der Waals surface area contributed by atoms with Crippen molar-refractivity contribution in [3.8, 4) is 5.75 Å². The summed E-state index contributed by atoms with van der Waals surface area (Å²) < 4.78 is 6.73. The lowest BCUT2D eigenvalue weighted by molar-refractivity contribution is 0.0699. The van der Waals surface area contributed by atoms with E-state index < -0.39 is 5.97 Å². The van der Waals surface area contributed by atoms with Crippen LogP contribution in [-0.2, 0) is 6.61 Å². The third-order valence-corrected chi connectivity index (χ3v) is 5.26. The standard InChI is InChI=1S/C15H13NO3S2/c1-8-13(20-7-16-8)6-19-10-3-4-12-11(5-10)14(15(17)18)9(2)21-12/h3-5,7H,6H2,1-2H3,(H,17,18). The maximum atomic E-state index is 11.4. The van der Waals surface area contributed by atoms with Crippen LogP contribution in [0.5, 0.6) is 5.75 Å². The van der Waals surface area contributed by atoms with E-state index in [1.807, 2.05) is 26.0 Å². The van der Waals surface area contributed by atoms with E-state index in [1.54, 1.807) is 22.9 Å². The Bertz CT molecular complexity index is 820. The molecule has 1 aromatic carbocycles. The summed E-state index contributed by atoms with van der Waals surface area (Å²) in [6.45, 7) is 4.23. The van der Waals surface area contributed by atoms with Crippen LogP contribution in [0.3, 0.4) is 0 Å². The van der Waals surface area contributed by atoms with Gasteiger partial charge >= 0.3 is 5.97 Å². The highest BCUT2D eigenvalue weighted by Crippen LogP contribution is 2.33. The molecule has 0 saturated carbocycles.